The molecule has 5 aliphatic rings. The molecule has 0 radical (unpaired) electrons. The summed E-state index contributed by atoms with van der Waals surface area (Å²) in [5.74, 6) is 2.26. The van der Waals surface area contributed by atoms with Gasteiger partial charge in [0.1, 0.15) is 0 Å². The van der Waals surface area contributed by atoms with Crippen molar-refractivity contribution < 1.29 is 9.59 Å². The van der Waals surface area contributed by atoms with Crippen molar-refractivity contribution in [3.05, 3.63) is 12.2 Å². The molecule has 15 heavy (non-hydrogen) atoms. The molecule has 3 fully saturated rings. The highest BCUT2D eigenvalue weighted by atomic mass is 16.2. The van der Waals surface area contributed by atoms with Crippen LogP contribution in [0.2, 0.25) is 0 Å². The highest BCUT2D eigenvalue weighted by Crippen LogP contribution is 2.65. The molecule has 0 aromatic rings. The van der Waals surface area contributed by atoms with Crippen LogP contribution >= 0.6 is 0 Å². The van der Waals surface area contributed by atoms with Crippen molar-refractivity contribution in [3.63, 3.8) is 0 Å². The Labute approximate surface area is 88.1 Å². The Bertz CT molecular complexity index is 378. The maximum absolute atomic E-state index is 12.0. The van der Waals surface area contributed by atoms with Crippen LogP contribution in [0.25, 0.3) is 0 Å². The molecule has 1 saturated heterocycles. The van der Waals surface area contributed by atoms with Crippen LogP contribution in [0.1, 0.15) is 6.42 Å². The molecule has 4 aliphatic carbocycles. The summed E-state index contributed by atoms with van der Waals surface area (Å²) in [7, 11) is 1.63. The number of imide groups is 1. The summed E-state index contributed by atoms with van der Waals surface area (Å²) < 4.78 is 0. The van der Waals surface area contributed by atoms with Gasteiger partial charge >= 0.3 is 0 Å². The van der Waals surface area contributed by atoms with Crippen molar-refractivity contribution in [2.45, 2.75) is 6.42 Å². The van der Waals surface area contributed by atoms with Crippen LogP contribution in [0.4, 0.5) is 0 Å². The smallest absolute Gasteiger partial charge is 0.233 e. The van der Waals surface area contributed by atoms with Crippen molar-refractivity contribution in [1.82, 2.24) is 4.90 Å². The summed E-state index contributed by atoms with van der Waals surface area (Å²) in [6, 6.07) is 0. The van der Waals surface area contributed by atoms with Gasteiger partial charge in [-0.15, -0.1) is 0 Å². The third-order valence-electron chi connectivity index (χ3n) is 4.88. The van der Waals surface area contributed by atoms with E-state index in [1.165, 1.54) is 11.3 Å². The van der Waals surface area contributed by atoms with Crippen molar-refractivity contribution >= 4 is 11.8 Å². The maximum Gasteiger partial charge on any atom is 0.233 e. The Morgan fingerprint density at radius 2 is 1.53 bits per heavy atom. The second-order valence-electron chi connectivity index (χ2n) is 5.39. The molecule has 2 amide bonds. The second-order valence-corrected chi connectivity index (χ2v) is 5.39. The van der Waals surface area contributed by atoms with Crippen LogP contribution in [0.15, 0.2) is 12.2 Å². The van der Waals surface area contributed by atoms with Gasteiger partial charge in [0.15, 0.2) is 0 Å². The lowest BCUT2D eigenvalue weighted by Crippen LogP contribution is -2.40. The summed E-state index contributed by atoms with van der Waals surface area (Å²) in [5, 5.41) is 0. The maximum atomic E-state index is 12.0. The van der Waals surface area contributed by atoms with E-state index >= 15 is 0 Å². The quantitative estimate of drug-likeness (QED) is 0.428. The first-order valence-electron chi connectivity index (χ1n) is 5.70. The molecule has 0 aromatic carbocycles. The highest BCUT2D eigenvalue weighted by Gasteiger charge is 2.66. The van der Waals surface area contributed by atoms with Gasteiger partial charge < -0.3 is 0 Å². The van der Waals surface area contributed by atoms with E-state index in [2.05, 4.69) is 12.2 Å². The number of carbonyl (C=O) groups is 2. The van der Waals surface area contributed by atoms with Gasteiger partial charge in [-0.25, -0.2) is 0 Å². The summed E-state index contributed by atoms with van der Waals surface area (Å²) in [6.45, 7) is 0. The van der Waals surface area contributed by atoms with Gasteiger partial charge in [0.2, 0.25) is 11.8 Å². The van der Waals surface area contributed by atoms with Crippen LogP contribution in [0.5, 0.6) is 0 Å². The van der Waals surface area contributed by atoms with Gasteiger partial charge in [-0.05, 0) is 30.1 Å². The zero-order valence-electron chi connectivity index (χ0n) is 8.59. The third-order valence-corrected chi connectivity index (χ3v) is 4.88. The number of carbonyl (C=O) groups excluding carboxylic acids is 2. The predicted octanol–water partition coefficient (Wildman–Crippen LogP) is 0.669. The lowest BCUT2D eigenvalue weighted by atomic mass is 9.63. The Morgan fingerprint density at radius 3 is 2.00 bits per heavy atom. The van der Waals surface area contributed by atoms with Gasteiger partial charge in [0, 0.05) is 7.05 Å². The minimum Gasteiger partial charge on any atom is -0.285 e. The molecule has 1 heterocycles. The average Bonchev–Trinajstić information content (AvgIpc) is 3.02. The molecule has 2 bridgehead atoms. The summed E-state index contributed by atoms with van der Waals surface area (Å²) in [4.78, 5) is 25.3. The molecule has 6 atom stereocenters. The Balaban J connectivity index is 1.86. The first-order chi connectivity index (χ1) is 7.20. The fourth-order valence-electron chi connectivity index (χ4n) is 4.11. The Morgan fingerprint density at radius 1 is 1.07 bits per heavy atom. The fourth-order valence-corrected chi connectivity index (χ4v) is 4.11. The van der Waals surface area contributed by atoms with E-state index < -0.39 is 0 Å². The number of nitrogens with zero attached hydrogens (tertiary/aromatic N) is 1. The number of rotatable bonds is 0. The SMILES string of the molecule is CN1C(=O)[C@@H]2C3C=CC([C@@H]4C[C@@H]34)[C@@H]2C1=O. The monoisotopic (exact) mass is 203 g/mol. The third kappa shape index (κ3) is 0.724. The molecule has 2 saturated carbocycles. The van der Waals surface area contributed by atoms with Gasteiger partial charge in [0.25, 0.3) is 0 Å². The van der Waals surface area contributed by atoms with Crippen LogP contribution in [0, 0.1) is 35.5 Å². The van der Waals surface area contributed by atoms with Gasteiger partial charge in [0.05, 0.1) is 11.8 Å². The molecular weight excluding hydrogens is 190 g/mol. The van der Waals surface area contributed by atoms with E-state index in [1.807, 2.05) is 0 Å². The van der Waals surface area contributed by atoms with E-state index in [9.17, 15) is 9.59 Å². The zero-order chi connectivity index (χ0) is 10.3. The molecule has 0 N–H and O–H groups in total. The first kappa shape index (κ1) is 8.08. The van der Waals surface area contributed by atoms with Crippen molar-refractivity contribution in [1.29, 1.82) is 0 Å². The standard InChI is InChI=1S/C12H13NO2/c1-13-11(14)9-5-2-3-6(8-4-7(5)8)10(9)12(13)15/h2-3,5-10H,4H2,1H3/t5?,6?,7-,8-,9-,10+/m0/s1. The molecule has 5 rings (SSSR count). The minimum absolute atomic E-state index is 0.0127. The highest BCUT2D eigenvalue weighted by molar-refractivity contribution is 6.05. The van der Waals surface area contributed by atoms with E-state index in [-0.39, 0.29) is 23.7 Å². The normalized spacial score (nSPS) is 54.6. The first-order valence-corrected chi connectivity index (χ1v) is 5.70. The summed E-state index contributed by atoms with van der Waals surface area (Å²) in [6.07, 6.45) is 5.63. The molecule has 0 spiro atoms. The number of amides is 2. The molecule has 0 aromatic heterocycles. The summed E-state index contributed by atoms with van der Waals surface area (Å²) in [5.41, 5.74) is 0. The van der Waals surface area contributed by atoms with E-state index in [4.69, 9.17) is 0 Å². The van der Waals surface area contributed by atoms with Crippen LogP contribution in [0.3, 0.4) is 0 Å². The van der Waals surface area contributed by atoms with Crippen LogP contribution in [-0.4, -0.2) is 23.8 Å². The Hall–Kier alpha value is -1.12. The lowest BCUT2D eigenvalue weighted by Gasteiger charge is -2.37. The molecular formula is C12H13NO2. The number of hydrogen-bond acceptors (Lipinski definition) is 2. The molecule has 2 unspecified atom stereocenters. The summed E-state index contributed by atoms with van der Waals surface area (Å²) >= 11 is 0. The van der Waals surface area contributed by atoms with Gasteiger partial charge in [-0.1, -0.05) is 12.2 Å². The Kier molecular flexibility index (Phi) is 1.17. The molecule has 3 heteroatoms. The second kappa shape index (κ2) is 2.18. The topological polar surface area (TPSA) is 37.4 Å². The lowest BCUT2D eigenvalue weighted by molar-refractivity contribution is -0.138. The van der Waals surface area contributed by atoms with Crippen molar-refractivity contribution in [2.75, 3.05) is 7.05 Å². The number of hydrogen-bond donors (Lipinski definition) is 0. The molecule has 3 nitrogen and oxygen atoms in total. The van der Waals surface area contributed by atoms with E-state index in [0.717, 1.165) is 0 Å². The zero-order valence-corrected chi connectivity index (χ0v) is 8.59. The largest absolute Gasteiger partial charge is 0.285 e. The van der Waals surface area contributed by atoms with Crippen molar-refractivity contribution in [3.8, 4) is 0 Å². The minimum atomic E-state index is -0.0127. The predicted molar refractivity (Wildman–Crippen MR) is 52.5 cm³/mol. The molecule has 78 valence electrons. The molecule has 1 aliphatic heterocycles. The van der Waals surface area contributed by atoms with Crippen molar-refractivity contribution in [2.24, 2.45) is 35.5 Å². The van der Waals surface area contributed by atoms with Gasteiger partial charge in [-0.2, -0.15) is 0 Å². The number of likely N-dealkylation sites (tertiary alicyclic amines) is 1. The van der Waals surface area contributed by atoms with E-state index in [1.54, 1.807) is 7.05 Å². The van der Waals surface area contributed by atoms with Gasteiger partial charge in [-0.3, -0.25) is 14.5 Å². The number of allylic oxidation sites excluding steroid dienone is 2. The van der Waals surface area contributed by atoms with Crippen LogP contribution in [-0.2, 0) is 9.59 Å². The average molecular weight is 203 g/mol. The fraction of sp³-hybridized carbons (Fsp3) is 0.667. The van der Waals surface area contributed by atoms with E-state index in [0.29, 0.717) is 23.7 Å². The van der Waals surface area contributed by atoms with Crippen LogP contribution < -0.4 is 0 Å².